The van der Waals surface area contributed by atoms with Gasteiger partial charge in [0.1, 0.15) is 12.6 Å². The van der Waals surface area contributed by atoms with Gasteiger partial charge in [-0.3, -0.25) is 4.79 Å². The molecule has 2 rings (SSSR count). The lowest BCUT2D eigenvalue weighted by atomic mass is 9.97. The van der Waals surface area contributed by atoms with Crippen LogP contribution in [0.3, 0.4) is 0 Å². The molecule has 0 spiro atoms. The maximum Gasteiger partial charge on any atom is 0.133 e. The lowest BCUT2D eigenvalue weighted by molar-refractivity contribution is -0.117. The van der Waals surface area contributed by atoms with Crippen LogP contribution >= 0.6 is 0 Å². The Balaban J connectivity index is 0.000000509. The monoisotopic (exact) mass is 249 g/mol. The smallest absolute Gasteiger partial charge is 0.133 e. The Morgan fingerprint density at radius 2 is 1.78 bits per heavy atom. The van der Waals surface area contributed by atoms with Crippen molar-refractivity contribution in [1.82, 2.24) is 0 Å². The third-order valence-corrected chi connectivity index (χ3v) is 2.79. The first-order valence-corrected chi connectivity index (χ1v) is 6.24. The summed E-state index contributed by atoms with van der Waals surface area (Å²) in [6, 6.07) is 8.55. The molecule has 1 aliphatic carbocycles. The lowest BCUT2D eigenvalue weighted by Gasteiger charge is -2.07. The van der Waals surface area contributed by atoms with E-state index in [0.29, 0.717) is 11.7 Å². The first kappa shape index (κ1) is 16.5. The summed E-state index contributed by atoms with van der Waals surface area (Å²) in [7, 11) is 0. The van der Waals surface area contributed by atoms with Crippen LogP contribution in [0, 0.1) is 6.92 Å². The van der Waals surface area contributed by atoms with E-state index in [2.05, 4.69) is 31.2 Å². The van der Waals surface area contributed by atoms with Gasteiger partial charge in [0.25, 0.3) is 0 Å². The van der Waals surface area contributed by atoms with Gasteiger partial charge in [0.05, 0.1) is 0 Å². The van der Waals surface area contributed by atoms with E-state index in [1.54, 1.807) is 0 Å². The van der Waals surface area contributed by atoms with E-state index < -0.39 is 0 Å². The molecule has 1 aromatic rings. The second-order valence-corrected chi connectivity index (χ2v) is 4.30. The van der Waals surface area contributed by atoms with Gasteiger partial charge in [-0.2, -0.15) is 0 Å². The quantitative estimate of drug-likeness (QED) is 0.832. The van der Waals surface area contributed by atoms with E-state index in [1.165, 1.54) is 11.1 Å². The van der Waals surface area contributed by atoms with Gasteiger partial charge >= 0.3 is 0 Å². The minimum Gasteiger partial charge on any atom is -0.331 e. The molecule has 1 aliphatic rings. The van der Waals surface area contributed by atoms with Crippen LogP contribution in [0.2, 0.25) is 0 Å². The average molecular weight is 249 g/mol. The van der Waals surface area contributed by atoms with E-state index >= 15 is 0 Å². The number of nitrogens with two attached hydrogens (primary N) is 1. The van der Waals surface area contributed by atoms with Crippen LogP contribution in [0.5, 0.6) is 0 Å². The number of aryl methyl sites for hydroxylation is 1. The molecule has 0 saturated heterocycles. The molecule has 0 aromatic heterocycles. The van der Waals surface area contributed by atoms with Gasteiger partial charge in [-0.1, -0.05) is 36.8 Å². The maximum atomic E-state index is 11.1. The Bertz CT molecular complexity index is 346. The number of hydrogen-bond donors (Lipinski definition) is 1. The largest absolute Gasteiger partial charge is 0.331 e. The van der Waals surface area contributed by atoms with E-state index in [-0.39, 0.29) is 0 Å². The van der Waals surface area contributed by atoms with Crippen molar-refractivity contribution in [1.29, 1.82) is 0 Å². The van der Waals surface area contributed by atoms with Gasteiger partial charge in [0.15, 0.2) is 0 Å². The minimum absolute atomic E-state index is 0.422. The van der Waals surface area contributed by atoms with E-state index in [9.17, 15) is 4.79 Å². The summed E-state index contributed by atoms with van der Waals surface area (Å²) in [5.74, 6) is 0.915. The molecule has 1 saturated carbocycles. The van der Waals surface area contributed by atoms with Crippen molar-refractivity contribution in [2.24, 2.45) is 5.73 Å². The van der Waals surface area contributed by atoms with Crippen molar-refractivity contribution in [3.63, 3.8) is 0 Å². The van der Waals surface area contributed by atoms with Gasteiger partial charge in [-0.15, -0.1) is 0 Å². The molecule has 1 aromatic carbocycles. The van der Waals surface area contributed by atoms with Gasteiger partial charge in [0.2, 0.25) is 0 Å². The molecule has 0 heterocycles. The van der Waals surface area contributed by atoms with Crippen molar-refractivity contribution < 1.29 is 9.59 Å². The standard InChI is InChI=1S/C12H14O.C2H7N.CH2O/c1-9-2-4-10(5-3-9)11-6-7-12(13)8-11;1-2-3;1-2/h2-5,11H,6-8H2,1H3;2-3H2,1H3;1H2. The molecular formula is C15H23NO2. The fourth-order valence-corrected chi connectivity index (χ4v) is 1.94. The summed E-state index contributed by atoms with van der Waals surface area (Å²) in [6.45, 7) is 6.74. The number of ketones is 1. The highest BCUT2D eigenvalue weighted by Crippen LogP contribution is 2.31. The average Bonchev–Trinajstić information content (AvgIpc) is 2.80. The third-order valence-electron chi connectivity index (χ3n) is 2.79. The zero-order valence-corrected chi connectivity index (χ0v) is 11.3. The Morgan fingerprint density at radius 1 is 1.28 bits per heavy atom. The minimum atomic E-state index is 0.422. The maximum absolute atomic E-state index is 11.1. The number of carbonyl (C=O) groups is 2. The highest BCUT2D eigenvalue weighted by Gasteiger charge is 2.22. The Hall–Kier alpha value is -1.48. The summed E-state index contributed by atoms with van der Waals surface area (Å²) in [5.41, 5.74) is 7.46. The van der Waals surface area contributed by atoms with Crippen LogP contribution in [0.4, 0.5) is 0 Å². The van der Waals surface area contributed by atoms with E-state index in [0.717, 1.165) is 25.8 Å². The number of benzene rings is 1. The molecule has 0 aliphatic heterocycles. The van der Waals surface area contributed by atoms with Gasteiger partial charge in [-0.25, -0.2) is 0 Å². The number of Topliss-reactive ketones (excluding diaryl/α,β-unsaturated/α-hetero) is 1. The van der Waals surface area contributed by atoms with E-state index in [4.69, 9.17) is 10.5 Å². The molecule has 1 unspecified atom stereocenters. The van der Waals surface area contributed by atoms with Crippen LogP contribution < -0.4 is 5.73 Å². The fraction of sp³-hybridized carbons (Fsp3) is 0.467. The van der Waals surface area contributed by atoms with Crippen molar-refractivity contribution in [3.8, 4) is 0 Å². The molecule has 100 valence electrons. The van der Waals surface area contributed by atoms with Gasteiger partial charge in [0, 0.05) is 12.8 Å². The number of rotatable bonds is 1. The summed E-state index contributed by atoms with van der Waals surface area (Å²) < 4.78 is 0. The Kier molecular flexibility index (Phi) is 8.76. The van der Waals surface area contributed by atoms with Crippen molar-refractivity contribution in [3.05, 3.63) is 35.4 Å². The molecule has 0 bridgehead atoms. The highest BCUT2D eigenvalue weighted by atomic mass is 16.1. The first-order chi connectivity index (χ1) is 8.67. The predicted octanol–water partition coefficient (Wildman–Crippen LogP) is 2.61. The van der Waals surface area contributed by atoms with Crippen LogP contribution in [0.15, 0.2) is 24.3 Å². The Morgan fingerprint density at radius 3 is 2.17 bits per heavy atom. The molecule has 0 radical (unpaired) electrons. The Labute approximate surface area is 109 Å². The van der Waals surface area contributed by atoms with Crippen molar-refractivity contribution in [2.75, 3.05) is 6.54 Å². The topological polar surface area (TPSA) is 60.2 Å². The zero-order chi connectivity index (χ0) is 14.0. The SMILES string of the molecule is C=O.CCN.Cc1ccc(C2CCC(=O)C2)cc1. The first-order valence-electron chi connectivity index (χ1n) is 6.24. The summed E-state index contributed by atoms with van der Waals surface area (Å²) >= 11 is 0. The van der Waals surface area contributed by atoms with E-state index in [1.807, 2.05) is 13.7 Å². The lowest BCUT2D eigenvalue weighted by Crippen LogP contribution is -1.93. The molecule has 1 atom stereocenters. The summed E-state index contributed by atoms with van der Waals surface area (Å²) in [5, 5.41) is 0. The number of hydrogen-bond acceptors (Lipinski definition) is 3. The van der Waals surface area contributed by atoms with Crippen LogP contribution in [-0.2, 0) is 9.59 Å². The van der Waals surface area contributed by atoms with Crippen LogP contribution in [-0.4, -0.2) is 19.1 Å². The third kappa shape index (κ3) is 5.73. The van der Waals surface area contributed by atoms with Crippen LogP contribution in [0.25, 0.3) is 0 Å². The molecule has 3 nitrogen and oxygen atoms in total. The summed E-state index contributed by atoms with van der Waals surface area (Å²) in [4.78, 5) is 19.1. The molecule has 1 fully saturated rings. The molecular weight excluding hydrogens is 226 g/mol. The summed E-state index contributed by atoms with van der Waals surface area (Å²) in [6.07, 6.45) is 2.57. The zero-order valence-electron chi connectivity index (χ0n) is 11.3. The number of carbonyl (C=O) groups excluding carboxylic acids is 2. The van der Waals surface area contributed by atoms with Crippen LogP contribution in [0.1, 0.15) is 43.2 Å². The van der Waals surface area contributed by atoms with Crippen molar-refractivity contribution >= 4 is 12.6 Å². The fourth-order valence-electron chi connectivity index (χ4n) is 1.94. The normalized spacial score (nSPS) is 17.3. The highest BCUT2D eigenvalue weighted by molar-refractivity contribution is 5.81. The molecule has 18 heavy (non-hydrogen) atoms. The molecule has 0 amide bonds. The predicted molar refractivity (Wildman–Crippen MR) is 74.6 cm³/mol. The van der Waals surface area contributed by atoms with Crippen molar-refractivity contribution in [2.45, 2.75) is 39.0 Å². The second-order valence-electron chi connectivity index (χ2n) is 4.30. The van der Waals surface area contributed by atoms with Gasteiger partial charge in [-0.05, 0) is 31.4 Å². The molecule has 2 N–H and O–H groups in total. The second kappa shape index (κ2) is 9.54. The molecule has 3 heteroatoms. The van der Waals surface area contributed by atoms with Gasteiger partial charge < -0.3 is 10.5 Å².